The SMILES string of the molecule is Cn1ncc2c(F)c3c(=O)cc(-c4cc(C#N)ccc4S(C)(=O)=O)[nH]c3cc21. The topological polar surface area (TPSA) is 109 Å². The molecule has 4 aromatic rings. The second-order valence-corrected chi connectivity index (χ2v) is 8.44. The second-order valence-electron chi connectivity index (χ2n) is 6.46. The maximum absolute atomic E-state index is 14.8. The van der Waals surface area contributed by atoms with Gasteiger partial charge in [-0.2, -0.15) is 10.4 Å². The smallest absolute Gasteiger partial charge is 0.193 e. The predicted octanol–water partition coefficient (Wildman–Crippen LogP) is 2.50. The zero-order chi connectivity index (χ0) is 20.2. The monoisotopic (exact) mass is 396 g/mol. The number of aromatic nitrogens is 3. The van der Waals surface area contributed by atoms with E-state index < -0.39 is 21.1 Å². The maximum atomic E-state index is 14.8. The minimum absolute atomic E-state index is 0.0383. The molecule has 0 unspecified atom stereocenters. The summed E-state index contributed by atoms with van der Waals surface area (Å²) in [6, 6.07) is 8.75. The molecule has 0 saturated heterocycles. The first kappa shape index (κ1) is 17.9. The molecule has 2 aromatic heterocycles. The molecule has 0 radical (unpaired) electrons. The molecule has 0 fully saturated rings. The first-order valence-electron chi connectivity index (χ1n) is 8.12. The molecule has 7 nitrogen and oxygen atoms in total. The van der Waals surface area contributed by atoms with E-state index in [1.807, 2.05) is 6.07 Å². The summed E-state index contributed by atoms with van der Waals surface area (Å²) < 4.78 is 40.7. The zero-order valence-electron chi connectivity index (χ0n) is 14.8. The number of fused-ring (bicyclic) bond motifs is 2. The normalized spacial score (nSPS) is 11.8. The molecule has 9 heteroatoms. The van der Waals surface area contributed by atoms with Crippen LogP contribution in [0.2, 0.25) is 0 Å². The van der Waals surface area contributed by atoms with Crippen LogP contribution >= 0.6 is 0 Å². The van der Waals surface area contributed by atoms with Crippen molar-refractivity contribution >= 4 is 31.6 Å². The maximum Gasteiger partial charge on any atom is 0.193 e. The Bertz CT molecular complexity index is 1490. The van der Waals surface area contributed by atoms with Gasteiger partial charge in [0, 0.05) is 24.9 Å². The van der Waals surface area contributed by atoms with Gasteiger partial charge < -0.3 is 4.98 Å². The molecular formula is C19H13FN4O3S. The van der Waals surface area contributed by atoms with Gasteiger partial charge >= 0.3 is 0 Å². The van der Waals surface area contributed by atoms with Gasteiger partial charge in [-0.25, -0.2) is 12.8 Å². The molecule has 0 amide bonds. The largest absolute Gasteiger partial charge is 0.354 e. The number of nitriles is 1. The third-order valence-corrected chi connectivity index (χ3v) is 5.74. The fourth-order valence-electron chi connectivity index (χ4n) is 3.25. The van der Waals surface area contributed by atoms with Crippen molar-refractivity contribution in [1.82, 2.24) is 14.8 Å². The number of sulfone groups is 1. The summed E-state index contributed by atoms with van der Waals surface area (Å²) in [6.45, 7) is 0. The Kier molecular flexibility index (Phi) is 3.83. The summed E-state index contributed by atoms with van der Waals surface area (Å²) in [6.07, 6.45) is 2.38. The van der Waals surface area contributed by atoms with Gasteiger partial charge in [0.05, 0.1) is 50.2 Å². The Morgan fingerprint density at radius 2 is 2.00 bits per heavy atom. The lowest BCUT2D eigenvalue weighted by molar-refractivity contribution is 0.602. The first-order chi connectivity index (χ1) is 13.2. The van der Waals surface area contributed by atoms with Crippen LogP contribution in [0.4, 0.5) is 4.39 Å². The highest BCUT2D eigenvalue weighted by atomic mass is 32.2. The summed E-state index contributed by atoms with van der Waals surface area (Å²) in [5.74, 6) is -0.692. The Morgan fingerprint density at radius 3 is 2.68 bits per heavy atom. The minimum atomic E-state index is -3.63. The number of hydrogen-bond acceptors (Lipinski definition) is 5. The van der Waals surface area contributed by atoms with Crippen molar-refractivity contribution in [2.24, 2.45) is 7.05 Å². The van der Waals surface area contributed by atoms with Crippen LogP contribution in [0.25, 0.3) is 33.1 Å². The summed E-state index contributed by atoms with van der Waals surface area (Å²) in [4.78, 5) is 15.6. The number of nitrogens with zero attached hydrogens (tertiary/aromatic N) is 3. The van der Waals surface area contributed by atoms with Crippen LogP contribution in [0.1, 0.15) is 5.56 Å². The third kappa shape index (κ3) is 2.66. The van der Waals surface area contributed by atoms with Gasteiger partial charge in [0.1, 0.15) is 5.82 Å². The lowest BCUT2D eigenvalue weighted by atomic mass is 10.1. The highest BCUT2D eigenvalue weighted by Crippen LogP contribution is 2.30. The number of halogens is 1. The molecule has 2 heterocycles. The van der Waals surface area contributed by atoms with Crippen molar-refractivity contribution in [3.63, 3.8) is 0 Å². The number of nitrogens with one attached hydrogen (secondary N) is 1. The van der Waals surface area contributed by atoms with Crippen molar-refractivity contribution in [3.8, 4) is 17.3 Å². The van der Waals surface area contributed by atoms with Crippen molar-refractivity contribution in [2.45, 2.75) is 4.90 Å². The molecule has 0 aliphatic rings. The van der Waals surface area contributed by atoms with Crippen LogP contribution in [0.5, 0.6) is 0 Å². The van der Waals surface area contributed by atoms with Crippen LogP contribution in [-0.4, -0.2) is 29.4 Å². The number of aryl methyl sites for hydroxylation is 1. The molecule has 4 rings (SSSR count). The molecule has 2 aromatic carbocycles. The lowest BCUT2D eigenvalue weighted by Crippen LogP contribution is -2.08. The van der Waals surface area contributed by atoms with Gasteiger partial charge in [-0.15, -0.1) is 0 Å². The van der Waals surface area contributed by atoms with Gasteiger partial charge in [-0.05, 0) is 24.3 Å². The average Bonchev–Trinajstić information content (AvgIpc) is 3.01. The standard InChI is InChI=1S/C19H13FN4O3S/c1-24-15-6-14-18(19(20)12(15)9-22-24)16(25)7-13(23-14)11-5-10(8-21)3-4-17(11)28(2,26)27/h3-7,9H,1-2H3,(H,23,25). The lowest BCUT2D eigenvalue weighted by Gasteiger charge is -2.11. The van der Waals surface area contributed by atoms with Crippen molar-refractivity contribution in [1.29, 1.82) is 5.26 Å². The molecule has 1 N–H and O–H groups in total. The highest BCUT2D eigenvalue weighted by molar-refractivity contribution is 7.90. The van der Waals surface area contributed by atoms with E-state index in [4.69, 9.17) is 5.26 Å². The zero-order valence-corrected chi connectivity index (χ0v) is 15.6. The molecule has 140 valence electrons. The average molecular weight is 396 g/mol. The second kappa shape index (κ2) is 6.00. The number of H-pyrrole nitrogens is 1. The molecule has 0 aliphatic carbocycles. The number of hydrogen-bond donors (Lipinski definition) is 1. The Hall–Kier alpha value is -3.51. The summed E-state index contributed by atoms with van der Waals surface area (Å²) in [7, 11) is -1.99. The Morgan fingerprint density at radius 1 is 1.25 bits per heavy atom. The van der Waals surface area contributed by atoms with Crippen LogP contribution in [0.3, 0.4) is 0 Å². The van der Waals surface area contributed by atoms with Crippen molar-refractivity contribution < 1.29 is 12.8 Å². The Balaban J connectivity index is 2.12. The minimum Gasteiger partial charge on any atom is -0.354 e. The fraction of sp³-hybridized carbons (Fsp3) is 0.105. The van der Waals surface area contributed by atoms with E-state index in [2.05, 4.69) is 10.1 Å². The first-order valence-corrected chi connectivity index (χ1v) is 10.0. The highest BCUT2D eigenvalue weighted by Gasteiger charge is 2.19. The third-order valence-electron chi connectivity index (χ3n) is 4.58. The van der Waals surface area contributed by atoms with Crippen molar-refractivity contribution in [3.05, 3.63) is 58.1 Å². The van der Waals surface area contributed by atoms with E-state index in [0.29, 0.717) is 5.52 Å². The van der Waals surface area contributed by atoms with E-state index in [1.165, 1.54) is 29.1 Å². The molecular weight excluding hydrogens is 383 g/mol. The van der Waals surface area contributed by atoms with Gasteiger partial charge in [-0.1, -0.05) is 0 Å². The quantitative estimate of drug-likeness (QED) is 0.560. The summed E-state index contributed by atoms with van der Waals surface area (Å²) >= 11 is 0. The van der Waals surface area contributed by atoms with E-state index in [-0.39, 0.29) is 38.0 Å². The van der Waals surface area contributed by atoms with E-state index in [1.54, 1.807) is 13.1 Å². The van der Waals surface area contributed by atoms with E-state index >= 15 is 0 Å². The number of benzene rings is 2. The van der Waals surface area contributed by atoms with E-state index in [0.717, 1.165) is 12.3 Å². The molecule has 0 spiro atoms. The predicted molar refractivity (Wildman–Crippen MR) is 102 cm³/mol. The van der Waals surface area contributed by atoms with Crippen LogP contribution in [-0.2, 0) is 16.9 Å². The molecule has 0 bridgehead atoms. The molecule has 0 aliphatic heterocycles. The number of rotatable bonds is 2. The number of aromatic amines is 1. The van der Waals surface area contributed by atoms with Gasteiger partial charge in [0.15, 0.2) is 15.3 Å². The van der Waals surface area contributed by atoms with Crippen LogP contribution < -0.4 is 5.43 Å². The molecule has 0 saturated carbocycles. The summed E-state index contributed by atoms with van der Waals surface area (Å²) in [5, 5.41) is 13.2. The molecule has 28 heavy (non-hydrogen) atoms. The Labute approximate surface area is 158 Å². The van der Waals surface area contributed by atoms with Gasteiger partial charge in [-0.3, -0.25) is 9.48 Å². The van der Waals surface area contributed by atoms with Gasteiger partial charge in [0.25, 0.3) is 0 Å². The van der Waals surface area contributed by atoms with Gasteiger partial charge in [0.2, 0.25) is 0 Å². The fourth-order valence-corrected chi connectivity index (χ4v) is 4.13. The van der Waals surface area contributed by atoms with Crippen molar-refractivity contribution in [2.75, 3.05) is 6.26 Å². The van der Waals surface area contributed by atoms with E-state index in [9.17, 15) is 17.6 Å². The summed E-state index contributed by atoms with van der Waals surface area (Å²) in [5.41, 5.74) is 0.664. The molecule has 0 atom stereocenters. The number of pyridine rings is 1. The van der Waals surface area contributed by atoms with Crippen LogP contribution in [0.15, 0.2) is 46.2 Å². The van der Waals surface area contributed by atoms with Crippen LogP contribution in [0, 0.1) is 17.1 Å².